The Morgan fingerprint density at radius 3 is 2.67 bits per heavy atom. The molecule has 0 aromatic heterocycles. The van der Waals surface area contributed by atoms with Gasteiger partial charge in [-0.05, 0) is 42.5 Å². The molecule has 1 N–H and O–H groups in total. The van der Waals surface area contributed by atoms with Crippen LogP contribution in [0.1, 0.15) is 38.3 Å². The molecule has 0 bridgehead atoms. The van der Waals surface area contributed by atoms with Crippen molar-refractivity contribution >= 4 is 10.0 Å². The number of hydrogen-bond acceptors (Lipinski definition) is 3. The van der Waals surface area contributed by atoms with Gasteiger partial charge in [-0.15, -0.1) is 0 Å². The highest BCUT2D eigenvalue weighted by Crippen LogP contribution is 2.25. The molecule has 0 amide bonds. The van der Waals surface area contributed by atoms with Crippen molar-refractivity contribution < 1.29 is 8.42 Å². The molecule has 1 aromatic rings. The van der Waals surface area contributed by atoms with E-state index in [1.54, 1.807) is 10.4 Å². The van der Waals surface area contributed by atoms with Crippen LogP contribution < -0.4 is 5.32 Å². The molecule has 21 heavy (non-hydrogen) atoms. The molecule has 0 radical (unpaired) electrons. The molecular formula is C16H26N2O2S. The maximum atomic E-state index is 12.7. The van der Waals surface area contributed by atoms with Crippen LogP contribution in [0.4, 0.5) is 0 Å². The fourth-order valence-corrected chi connectivity index (χ4v) is 4.20. The highest BCUT2D eigenvalue weighted by atomic mass is 32.2. The van der Waals surface area contributed by atoms with E-state index in [2.05, 4.69) is 26.1 Å². The van der Waals surface area contributed by atoms with E-state index in [1.165, 1.54) is 0 Å². The standard InChI is InChI=1S/C16H26N2O2S/c1-12(2)17-10-15-9-16(6-5-14(15)4)21(19,20)18-8-7-13(3)11-18/h5-6,9,12-13,17H,7-8,10-11H2,1-4H3. The van der Waals surface area contributed by atoms with Crippen LogP contribution in [0.2, 0.25) is 0 Å². The largest absolute Gasteiger partial charge is 0.310 e. The lowest BCUT2D eigenvalue weighted by Gasteiger charge is -2.18. The van der Waals surface area contributed by atoms with Crippen molar-refractivity contribution in [3.63, 3.8) is 0 Å². The summed E-state index contributed by atoms with van der Waals surface area (Å²) in [6.07, 6.45) is 0.951. The average Bonchev–Trinajstić information content (AvgIpc) is 2.85. The van der Waals surface area contributed by atoms with Crippen molar-refractivity contribution in [2.75, 3.05) is 13.1 Å². The number of hydrogen-bond donors (Lipinski definition) is 1. The molecule has 0 aliphatic carbocycles. The van der Waals surface area contributed by atoms with Gasteiger partial charge in [0.25, 0.3) is 0 Å². The molecule has 1 fully saturated rings. The SMILES string of the molecule is Cc1ccc(S(=O)(=O)N2CCC(C)C2)cc1CNC(C)C. The summed E-state index contributed by atoms with van der Waals surface area (Å²) in [5.41, 5.74) is 2.17. The van der Waals surface area contributed by atoms with Gasteiger partial charge in [0.15, 0.2) is 0 Å². The molecule has 1 aliphatic rings. The summed E-state index contributed by atoms with van der Waals surface area (Å²) in [6.45, 7) is 10.3. The summed E-state index contributed by atoms with van der Waals surface area (Å²) in [6, 6.07) is 5.84. The van der Waals surface area contributed by atoms with Crippen LogP contribution in [0.25, 0.3) is 0 Å². The van der Waals surface area contributed by atoms with Crippen molar-refractivity contribution in [2.24, 2.45) is 5.92 Å². The summed E-state index contributed by atoms with van der Waals surface area (Å²) < 4.78 is 27.0. The third kappa shape index (κ3) is 3.84. The third-order valence-corrected chi connectivity index (χ3v) is 5.91. The van der Waals surface area contributed by atoms with Crippen LogP contribution in [0.3, 0.4) is 0 Å². The molecule has 0 saturated carbocycles. The van der Waals surface area contributed by atoms with E-state index in [0.29, 0.717) is 36.5 Å². The van der Waals surface area contributed by atoms with Crippen LogP contribution >= 0.6 is 0 Å². The van der Waals surface area contributed by atoms with Crippen LogP contribution in [0.15, 0.2) is 23.1 Å². The molecule has 1 aliphatic heterocycles. The van der Waals surface area contributed by atoms with Crippen LogP contribution in [0.5, 0.6) is 0 Å². The Morgan fingerprint density at radius 1 is 1.38 bits per heavy atom. The monoisotopic (exact) mass is 310 g/mol. The van der Waals surface area contributed by atoms with Crippen LogP contribution in [-0.2, 0) is 16.6 Å². The highest BCUT2D eigenvalue weighted by molar-refractivity contribution is 7.89. The van der Waals surface area contributed by atoms with E-state index >= 15 is 0 Å². The van der Waals surface area contributed by atoms with E-state index in [9.17, 15) is 8.42 Å². The van der Waals surface area contributed by atoms with Gasteiger partial charge in [-0.25, -0.2) is 8.42 Å². The first-order valence-electron chi connectivity index (χ1n) is 7.63. The second-order valence-electron chi connectivity index (χ2n) is 6.38. The number of nitrogens with zero attached hydrogens (tertiary/aromatic N) is 1. The first kappa shape index (κ1) is 16.5. The predicted octanol–water partition coefficient (Wildman–Crippen LogP) is 2.52. The van der Waals surface area contributed by atoms with Gasteiger partial charge in [0.05, 0.1) is 4.90 Å². The first-order valence-corrected chi connectivity index (χ1v) is 9.07. The molecule has 0 spiro atoms. The molecule has 1 heterocycles. The van der Waals surface area contributed by atoms with Crippen LogP contribution in [-0.4, -0.2) is 31.9 Å². The van der Waals surface area contributed by atoms with Gasteiger partial charge in [0, 0.05) is 25.7 Å². The molecular weight excluding hydrogens is 284 g/mol. The Balaban J connectivity index is 2.25. The Labute approximate surface area is 128 Å². The number of sulfonamides is 1. The van der Waals surface area contributed by atoms with Gasteiger partial charge in [-0.3, -0.25) is 0 Å². The van der Waals surface area contributed by atoms with Crippen molar-refractivity contribution in [3.8, 4) is 0 Å². The molecule has 118 valence electrons. The lowest BCUT2D eigenvalue weighted by molar-refractivity contribution is 0.464. The molecule has 5 heteroatoms. The second kappa shape index (κ2) is 6.46. The van der Waals surface area contributed by atoms with E-state index in [-0.39, 0.29) is 0 Å². The van der Waals surface area contributed by atoms with Gasteiger partial charge in [-0.2, -0.15) is 4.31 Å². The van der Waals surface area contributed by atoms with Gasteiger partial charge in [0.2, 0.25) is 10.0 Å². The minimum atomic E-state index is -3.34. The van der Waals surface area contributed by atoms with E-state index in [4.69, 9.17) is 0 Å². The predicted molar refractivity (Wildman–Crippen MR) is 85.7 cm³/mol. The summed E-state index contributed by atoms with van der Waals surface area (Å²) in [5, 5.41) is 3.35. The smallest absolute Gasteiger partial charge is 0.243 e. The minimum Gasteiger partial charge on any atom is -0.310 e. The Morgan fingerprint density at radius 2 is 2.10 bits per heavy atom. The summed E-state index contributed by atoms with van der Waals surface area (Å²) in [5.74, 6) is 0.451. The van der Waals surface area contributed by atoms with Crippen molar-refractivity contribution in [2.45, 2.75) is 51.6 Å². The number of nitrogens with one attached hydrogen (secondary N) is 1. The number of rotatable bonds is 5. The maximum absolute atomic E-state index is 12.7. The second-order valence-corrected chi connectivity index (χ2v) is 8.32. The van der Waals surface area contributed by atoms with E-state index < -0.39 is 10.0 Å². The fourth-order valence-electron chi connectivity index (χ4n) is 2.57. The van der Waals surface area contributed by atoms with Gasteiger partial charge >= 0.3 is 0 Å². The van der Waals surface area contributed by atoms with Crippen molar-refractivity contribution in [1.82, 2.24) is 9.62 Å². The molecule has 2 rings (SSSR count). The lowest BCUT2D eigenvalue weighted by Crippen LogP contribution is -2.29. The minimum absolute atomic E-state index is 0.379. The molecule has 1 saturated heterocycles. The number of aryl methyl sites for hydroxylation is 1. The lowest BCUT2D eigenvalue weighted by atomic mass is 10.1. The topological polar surface area (TPSA) is 49.4 Å². The van der Waals surface area contributed by atoms with Crippen molar-refractivity contribution in [3.05, 3.63) is 29.3 Å². The molecule has 4 nitrogen and oxygen atoms in total. The highest BCUT2D eigenvalue weighted by Gasteiger charge is 2.30. The normalized spacial score (nSPS) is 20.3. The average molecular weight is 310 g/mol. The molecule has 1 aromatic carbocycles. The van der Waals surface area contributed by atoms with Gasteiger partial charge in [0.1, 0.15) is 0 Å². The summed E-state index contributed by atoms with van der Waals surface area (Å²) >= 11 is 0. The van der Waals surface area contributed by atoms with E-state index in [1.807, 2.05) is 19.1 Å². The quantitative estimate of drug-likeness (QED) is 0.909. The number of benzene rings is 1. The molecule has 1 atom stereocenters. The van der Waals surface area contributed by atoms with Crippen LogP contribution in [0, 0.1) is 12.8 Å². The fraction of sp³-hybridized carbons (Fsp3) is 0.625. The molecule has 1 unspecified atom stereocenters. The van der Waals surface area contributed by atoms with Crippen molar-refractivity contribution in [1.29, 1.82) is 0 Å². The summed E-state index contributed by atoms with van der Waals surface area (Å²) in [4.78, 5) is 0.419. The van der Waals surface area contributed by atoms with Gasteiger partial charge in [-0.1, -0.05) is 26.8 Å². The third-order valence-electron chi connectivity index (χ3n) is 4.05. The first-order chi connectivity index (χ1) is 9.80. The summed E-state index contributed by atoms with van der Waals surface area (Å²) in [7, 11) is -3.34. The Kier molecular flexibility index (Phi) is 5.07. The zero-order valence-electron chi connectivity index (χ0n) is 13.4. The Bertz CT molecular complexity index is 596. The van der Waals surface area contributed by atoms with Gasteiger partial charge < -0.3 is 5.32 Å². The maximum Gasteiger partial charge on any atom is 0.243 e. The Hall–Kier alpha value is -0.910. The van der Waals surface area contributed by atoms with E-state index in [0.717, 1.165) is 17.5 Å². The zero-order chi connectivity index (χ0) is 15.6. The zero-order valence-corrected chi connectivity index (χ0v) is 14.2.